The normalized spacial score (nSPS) is 14.0. The summed E-state index contributed by atoms with van der Waals surface area (Å²) in [7, 11) is 0. The van der Waals surface area contributed by atoms with Crippen LogP contribution in [0.4, 0.5) is 11.5 Å². The fourth-order valence-corrected chi connectivity index (χ4v) is 3.68. The molecular formula is C25H28N4O2. The van der Waals surface area contributed by atoms with Crippen molar-refractivity contribution in [3.05, 3.63) is 66.2 Å². The van der Waals surface area contributed by atoms with E-state index in [2.05, 4.69) is 20.4 Å². The van der Waals surface area contributed by atoms with Gasteiger partial charge in [-0.05, 0) is 56.2 Å². The van der Waals surface area contributed by atoms with Crippen molar-refractivity contribution >= 4 is 17.4 Å². The quantitative estimate of drug-likeness (QED) is 0.622. The average Bonchev–Trinajstić information content (AvgIpc) is 3.09. The number of aryl methyl sites for hydroxylation is 1. The van der Waals surface area contributed by atoms with Crippen molar-refractivity contribution < 1.29 is 9.53 Å². The third kappa shape index (κ3) is 5.81. The maximum absolute atomic E-state index is 12.3. The Balaban J connectivity index is 1.37. The van der Waals surface area contributed by atoms with Crippen LogP contribution in [0, 0.1) is 6.92 Å². The molecule has 0 atom stereocenters. The summed E-state index contributed by atoms with van der Waals surface area (Å²) in [6.45, 7) is 4.05. The first-order valence-electron chi connectivity index (χ1n) is 10.9. The van der Waals surface area contributed by atoms with Gasteiger partial charge in [0.25, 0.3) is 5.91 Å². The van der Waals surface area contributed by atoms with E-state index in [9.17, 15) is 4.79 Å². The fourth-order valence-electron chi connectivity index (χ4n) is 3.68. The topological polar surface area (TPSA) is 67.3 Å². The second-order valence-corrected chi connectivity index (χ2v) is 7.91. The van der Waals surface area contributed by atoms with Gasteiger partial charge in [0.1, 0.15) is 5.75 Å². The van der Waals surface area contributed by atoms with Gasteiger partial charge in [0.2, 0.25) is 0 Å². The van der Waals surface area contributed by atoms with Crippen molar-refractivity contribution in [2.45, 2.75) is 32.6 Å². The maximum atomic E-state index is 12.3. The fraction of sp³-hybridized carbons (Fsp3) is 0.320. The van der Waals surface area contributed by atoms with E-state index in [4.69, 9.17) is 4.74 Å². The molecular weight excluding hydrogens is 388 g/mol. The highest BCUT2D eigenvalue weighted by Gasteiger charge is 2.12. The van der Waals surface area contributed by atoms with Crippen LogP contribution in [0.15, 0.2) is 60.7 Å². The van der Waals surface area contributed by atoms with E-state index in [0.29, 0.717) is 11.4 Å². The largest absolute Gasteiger partial charge is 0.484 e. The molecule has 160 valence electrons. The summed E-state index contributed by atoms with van der Waals surface area (Å²) in [4.78, 5) is 14.6. The van der Waals surface area contributed by atoms with Gasteiger partial charge in [-0.2, -0.15) is 0 Å². The van der Waals surface area contributed by atoms with Crippen molar-refractivity contribution in [2.75, 3.05) is 29.9 Å². The molecule has 1 amide bonds. The molecule has 1 aliphatic heterocycles. The molecule has 6 heteroatoms. The SMILES string of the molecule is Cc1ccc(OCC(=O)Nc2cccc(-c3ccc(N4CCCCCC4)nn3)c2)cc1. The summed E-state index contributed by atoms with van der Waals surface area (Å²) in [6.07, 6.45) is 4.99. The van der Waals surface area contributed by atoms with E-state index in [1.165, 1.54) is 25.7 Å². The van der Waals surface area contributed by atoms with Crippen molar-refractivity contribution in [3.8, 4) is 17.0 Å². The van der Waals surface area contributed by atoms with E-state index in [-0.39, 0.29) is 12.5 Å². The van der Waals surface area contributed by atoms with Crippen molar-refractivity contribution in [1.29, 1.82) is 0 Å². The number of amides is 1. The van der Waals surface area contributed by atoms with Crippen LogP contribution in [0.5, 0.6) is 5.75 Å². The Hall–Kier alpha value is -3.41. The Morgan fingerprint density at radius 1 is 0.968 bits per heavy atom. The standard InChI is InChI=1S/C25H28N4O2/c1-19-9-11-22(12-10-19)31-18-25(30)26-21-8-6-7-20(17-21)23-13-14-24(28-27-23)29-15-4-2-3-5-16-29/h6-14,17H,2-5,15-16,18H2,1H3,(H,26,30). The van der Waals surface area contributed by atoms with Gasteiger partial charge >= 0.3 is 0 Å². The van der Waals surface area contributed by atoms with Crippen molar-refractivity contribution in [3.63, 3.8) is 0 Å². The summed E-state index contributed by atoms with van der Waals surface area (Å²) < 4.78 is 5.55. The van der Waals surface area contributed by atoms with E-state index in [0.717, 1.165) is 35.7 Å². The molecule has 0 aliphatic carbocycles. The van der Waals surface area contributed by atoms with E-state index < -0.39 is 0 Å². The Bertz CT molecular complexity index is 995. The Labute approximate surface area is 183 Å². The number of rotatable bonds is 6. The van der Waals surface area contributed by atoms with Gasteiger partial charge in [-0.15, -0.1) is 10.2 Å². The molecule has 2 heterocycles. The summed E-state index contributed by atoms with van der Waals surface area (Å²) in [6, 6.07) is 19.3. The highest BCUT2D eigenvalue weighted by molar-refractivity contribution is 5.92. The average molecular weight is 417 g/mol. The van der Waals surface area contributed by atoms with Gasteiger partial charge in [0, 0.05) is 24.3 Å². The van der Waals surface area contributed by atoms with Gasteiger partial charge in [-0.1, -0.05) is 42.7 Å². The number of nitrogens with one attached hydrogen (secondary N) is 1. The number of benzene rings is 2. The van der Waals surface area contributed by atoms with Crippen LogP contribution in [-0.4, -0.2) is 35.8 Å². The highest BCUT2D eigenvalue weighted by Crippen LogP contribution is 2.23. The first kappa shape index (κ1) is 20.8. The van der Waals surface area contributed by atoms with E-state index in [1.54, 1.807) is 0 Å². The lowest BCUT2D eigenvalue weighted by Crippen LogP contribution is -2.25. The number of hydrogen-bond donors (Lipinski definition) is 1. The van der Waals surface area contributed by atoms with Crippen LogP contribution in [0.3, 0.4) is 0 Å². The number of ether oxygens (including phenoxy) is 1. The molecule has 0 spiro atoms. The van der Waals surface area contributed by atoms with Crippen molar-refractivity contribution in [1.82, 2.24) is 10.2 Å². The molecule has 1 fully saturated rings. The predicted molar refractivity (Wildman–Crippen MR) is 123 cm³/mol. The lowest BCUT2D eigenvalue weighted by molar-refractivity contribution is -0.118. The minimum Gasteiger partial charge on any atom is -0.484 e. The van der Waals surface area contributed by atoms with E-state index >= 15 is 0 Å². The zero-order valence-electron chi connectivity index (χ0n) is 17.9. The van der Waals surface area contributed by atoms with Gasteiger partial charge in [-0.3, -0.25) is 4.79 Å². The van der Waals surface area contributed by atoms with Crippen molar-refractivity contribution in [2.24, 2.45) is 0 Å². The third-order valence-corrected chi connectivity index (χ3v) is 5.41. The smallest absolute Gasteiger partial charge is 0.262 e. The van der Waals surface area contributed by atoms with Crippen LogP contribution in [0.25, 0.3) is 11.3 Å². The Kier molecular flexibility index (Phi) is 6.77. The van der Waals surface area contributed by atoms with E-state index in [1.807, 2.05) is 67.6 Å². The number of nitrogens with zero attached hydrogens (tertiary/aromatic N) is 3. The number of aromatic nitrogens is 2. The first-order chi connectivity index (χ1) is 15.2. The zero-order valence-corrected chi connectivity index (χ0v) is 17.9. The summed E-state index contributed by atoms with van der Waals surface area (Å²) >= 11 is 0. The van der Waals surface area contributed by atoms with Crippen LogP contribution < -0.4 is 15.0 Å². The van der Waals surface area contributed by atoms with Crippen LogP contribution in [-0.2, 0) is 4.79 Å². The monoisotopic (exact) mass is 416 g/mol. The molecule has 0 radical (unpaired) electrons. The van der Waals surface area contributed by atoms with Crippen LogP contribution in [0.1, 0.15) is 31.2 Å². The second-order valence-electron chi connectivity index (χ2n) is 7.91. The molecule has 0 bridgehead atoms. The maximum Gasteiger partial charge on any atom is 0.262 e. The third-order valence-electron chi connectivity index (χ3n) is 5.41. The predicted octanol–water partition coefficient (Wildman–Crippen LogP) is 4.85. The molecule has 1 aromatic heterocycles. The minimum absolute atomic E-state index is 0.0440. The van der Waals surface area contributed by atoms with Gasteiger partial charge < -0.3 is 15.0 Å². The molecule has 2 aromatic carbocycles. The van der Waals surface area contributed by atoms with Crippen LogP contribution >= 0.6 is 0 Å². The second kappa shape index (κ2) is 10.1. The molecule has 0 unspecified atom stereocenters. The Morgan fingerprint density at radius 3 is 2.45 bits per heavy atom. The van der Waals surface area contributed by atoms with Gasteiger partial charge in [0.05, 0.1) is 5.69 Å². The zero-order chi connectivity index (χ0) is 21.5. The molecule has 1 saturated heterocycles. The van der Waals surface area contributed by atoms with Gasteiger partial charge in [0.15, 0.2) is 12.4 Å². The number of carbonyl (C=O) groups excluding carboxylic acids is 1. The highest BCUT2D eigenvalue weighted by atomic mass is 16.5. The Morgan fingerprint density at radius 2 is 1.74 bits per heavy atom. The molecule has 1 N–H and O–H groups in total. The summed E-state index contributed by atoms with van der Waals surface area (Å²) in [5.41, 5.74) is 3.54. The molecule has 31 heavy (non-hydrogen) atoms. The summed E-state index contributed by atoms with van der Waals surface area (Å²) in [5, 5.41) is 11.8. The van der Waals surface area contributed by atoms with Crippen LogP contribution in [0.2, 0.25) is 0 Å². The number of hydrogen-bond acceptors (Lipinski definition) is 5. The number of carbonyl (C=O) groups is 1. The summed E-state index contributed by atoms with van der Waals surface area (Å²) in [5.74, 6) is 1.40. The molecule has 1 aliphatic rings. The molecule has 3 aromatic rings. The molecule has 0 saturated carbocycles. The lowest BCUT2D eigenvalue weighted by Gasteiger charge is -2.20. The lowest BCUT2D eigenvalue weighted by atomic mass is 10.1. The molecule has 4 rings (SSSR count). The first-order valence-corrected chi connectivity index (χ1v) is 10.9. The number of anilines is 2. The van der Waals surface area contributed by atoms with Gasteiger partial charge in [-0.25, -0.2) is 0 Å². The minimum atomic E-state index is -0.208. The molecule has 6 nitrogen and oxygen atoms in total.